The zero-order valence-corrected chi connectivity index (χ0v) is 10.1. The normalized spacial score (nSPS) is 15.6. The number of rotatable bonds is 8. The summed E-state index contributed by atoms with van der Waals surface area (Å²) in [5, 5.41) is 0. The van der Waals surface area contributed by atoms with Crippen LogP contribution in [-0.4, -0.2) is 0 Å². The Bertz CT molecular complexity index is 155. The Balaban J connectivity index is 3.39. The Hall–Kier alpha value is -0.520. The van der Waals surface area contributed by atoms with Crippen LogP contribution in [0.3, 0.4) is 0 Å². The summed E-state index contributed by atoms with van der Waals surface area (Å²) in [4.78, 5) is 0. The second-order valence-corrected chi connectivity index (χ2v) is 4.45. The Morgan fingerprint density at radius 2 is 1.79 bits per heavy atom. The van der Waals surface area contributed by atoms with E-state index in [1.54, 1.807) is 0 Å². The van der Waals surface area contributed by atoms with Crippen molar-refractivity contribution >= 4 is 0 Å². The van der Waals surface area contributed by atoms with Gasteiger partial charge < -0.3 is 0 Å². The maximum absolute atomic E-state index is 3.67. The highest BCUT2D eigenvalue weighted by molar-refractivity contribution is 4.97. The average molecular weight is 194 g/mol. The molecule has 0 fully saturated rings. The number of hydrogen-bond donors (Lipinski definition) is 0. The topological polar surface area (TPSA) is 0 Å². The summed E-state index contributed by atoms with van der Waals surface area (Å²) in [7, 11) is 0. The van der Waals surface area contributed by atoms with Gasteiger partial charge in [-0.25, -0.2) is 0 Å². The second kappa shape index (κ2) is 9.05. The lowest BCUT2D eigenvalue weighted by Gasteiger charge is -2.11. The van der Waals surface area contributed by atoms with E-state index in [-0.39, 0.29) is 0 Å². The molecular weight excluding hydrogens is 168 g/mol. The zero-order chi connectivity index (χ0) is 10.8. The number of hydrogen-bond acceptors (Lipinski definition) is 0. The van der Waals surface area contributed by atoms with Gasteiger partial charge in [-0.05, 0) is 18.3 Å². The molecule has 0 aliphatic heterocycles. The molecule has 0 aromatic heterocycles. The van der Waals surface area contributed by atoms with Crippen molar-refractivity contribution < 1.29 is 0 Å². The molecule has 0 aromatic rings. The molecule has 0 amide bonds. The molecule has 82 valence electrons. The third-order valence-corrected chi connectivity index (χ3v) is 2.90. The zero-order valence-electron chi connectivity index (χ0n) is 10.1. The third-order valence-electron chi connectivity index (χ3n) is 2.90. The molecule has 0 saturated heterocycles. The van der Waals surface area contributed by atoms with Gasteiger partial charge in [0.1, 0.15) is 0 Å². The van der Waals surface area contributed by atoms with Crippen molar-refractivity contribution in [3.8, 4) is 0 Å². The van der Waals surface area contributed by atoms with E-state index in [1.165, 1.54) is 32.1 Å². The molecule has 0 saturated carbocycles. The first-order valence-electron chi connectivity index (χ1n) is 5.98. The molecular formula is C14H26. The molecule has 0 aliphatic carbocycles. The SMILES string of the molecule is C=CC=CCC(C)CCCC(C)CC. The minimum Gasteiger partial charge on any atom is -0.0991 e. The van der Waals surface area contributed by atoms with E-state index < -0.39 is 0 Å². The van der Waals surface area contributed by atoms with Crippen molar-refractivity contribution in [3.05, 3.63) is 24.8 Å². The Kier molecular flexibility index (Phi) is 8.72. The largest absolute Gasteiger partial charge is 0.0991 e. The van der Waals surface area contributed by atoms with Crippen LogP contribution in [0.2, 0.25) is 0 Å². The molecule has 0 heteroatoms. The molecule has 0 aromatic carbocycles. The van der Waals surface area contributed by atoms with Crippen LogP contribution in [0.25, 0.3) is 0 Å². The lowest BCUT2D eigenvalue weighted by Crippen LogP contribution is -1.96. The van der Waals surface area contributed by atoms with Gasteiger partial charge in [0, 0.05) is 0 Å². The summed E-state index contributed by atoms with van der Waals surface area (Å²) >= 11 is 0. The van der Waals surface area contributed by atoms with Crippen LogP contribution in [0.4, 0.5) is 0 Å². The molecule has 0 radical (unpaired) electrons. The van der Waals surface area contributed by atoms with Gasteiger partial charge in [0.05, 0.1) is 0 Å². The monoisotopic (exact) mass is 194 g/mol. The highest BCUT2D eigenvalue weighted by Gasteiger charge is 2.02. The van der Waals surface area contributed by atoms with Gasteiger partial charge in [-0.1, -0.05) is 71.3 Å². The fourth-order valence-electron chi connectivity index (χ4n) is 1.54. The average Bonchev–Trinajstić information content (AvgIpc) is 2.18. The van der Waals surface area contributed by atoms with Crippen molar-refractivity contribution in [2.45, 2.75) is 52.9 Å². The van der Waals surface area contributed by atoms with Crippen LogP contribution in [0.5, 0.6) is 0 Å². The van der Waals surface area contributed by atoms with Gasteiger partial charge in [-0.3, -0.25) is 0 Å². The second-order valence-electron chi connectivity index (χ2n) is 4.45. The van der Waals surface area contributed by atoms with Gasteiger partial charge in [0.15, 0.2) is 0 Å². The molecule has 2 atom stereocenters. The first kappa shape index (κ1) is 13.5. The summed E-state index contributed by atoms with van der Waals surface area (Å²) in [6, 6.07) is 0. The molecule has 0 rings (SSSR count). The van der Waals surface area contributed by atoms with Crippen LogP contribution >= 0.6 is 0 Å². The lowest BCUT2D eigenvalue weighted by molar-refractivity contribution is 0.436. The predicted octanol–water partition coefficient (Wildman–Crippen LogP) is 4.97. The van der Waals surface area contributed by atoms with Gasteiger partial charge in [0.25, 0.3) is 0 Å². The maximum Gasteiger partial charge on any atom is -0.0322 e. The van der Waals surface area contributed by atoms with E-state index in [4.69, 9.17) is 0 Å². The van der Waals surface area contributed by atoms with Gasteiger partial charge in [-0.2, -0.15) is 0 Å². The molecule has 0 bridgehead atoms. The quantitative estimate of drug-likeness (QED) is 0.478. The molecule has 0 heterocycles. The van der Waals surface area contributed by atoms with Crippen LogP contribution < -0.4 is 0 Å². The van der Waals surface area contributed by atoms with Crippen LogP contribution in [0.15, 0.2) is 24.8 Å². The fourth-order valence-corrected chi connectivity index (χ4v) is 1.54. The van der Waals surface area contributed by atoms with Crippen molar-refractivity contribution in [2.75, 3.05) is 0 Å². The summed E-state index contributed by atoms with van der Waals surface area (Å²) < 4.78 is 0. The minimum atomic E-state index is 0.829. The first-order chi connectivity index (χ1) is 6.70. The smallest absolute Gasteiger partial charge is 0.0322 e. The predicted molar refractivity (Wildman–Crippen MR) is 66.4 cm³/mol. The van der Waals surface area contributed by atoms with Crippen molar-refractivity contribution in [1.82, 2.24) is 0 Å². The lowest BCUT2D eigenvalue weighted by atomic mass is 9.95. The molecule has 14 heavy (non-hydrogen) atoms. The summed E-state index contributed by atoms with van der Waals surface area (Å²) in [6.45, 7) is 10.6. The van der Waals surface area contributed by atoms with E-state index in [0.717, 1.165) is 11.8 Å². The van der Waals surface area contributed by atoms with Crippen molar-refractivity contribution in [2.24, 2.45) is 11.8 Å². The van der Waals surface area contributed by atoms with Crippen LogP contribution in [0, 0.1) is 11.8 Å². The van der Waals surface area contributed by atoms with E-state index in [2.05, 4.69) is 33.4 Å². The highest BCUT2D eigenvalue weighted by atomic mass is 14.1. The van der Waals surface area contributed by atoms with Crippen molar-refractivity contribution in [3.63, 3.8) is 0 Å². The minimum absolute atomic E-state index is 0.829. The summed E-state index contributed by atoms with van der Waals surface area (Å²) in [5.74, 6) is 1.74. The van der Waals surface area contributed by atoms with Gasteiger partial charge >= 0.3 is 0 Å². The molecule has 0 nitrogen and oxygen atoms in total. The Labute approximate surface area is 90.1 Å². The molecule has 2 unspecified atom stereocenters. The Morgan fingerprint density at radius 3 is 2.36 bits per heavy atom. The third kappa shape index (κ3) is 8.10. The molecule has 0 aliphatic rings. The van der Waals surface area contributed by atoms with Gasteiger partial charge in [0.2, 0.25) is 0 Å². The van der Waals surface area contributed by atoms with Crippen molar-refractivity contribution in [1.29, 1.82) is 0 Å². The van der Waals surface area contributed by atoms with E-state index >= 15 is 0 Å². The van der Waals surface area contributed by atoms with Gasteiger partial charge in [-0.15, -0.1) is 0 Å². The van der Waals surface area contributed by atoms with E-state index in [0.29, 0.717) is 0 Å². The molecule has 0 spiro atoms. The standard InChI is InChI=1S/C14H26/c1-5-7-8-10-14(4)12-9-11-13(3)6-2/h5,7-8,13-14H,1,6,9-12H2,2-4H3. The Morgan fingerprint density at radius 1 is 1.14 bits per heavy atom. The van der Waals surface area contributed by atoms with E-state index in [9.17, 15) is 0 Å². The first-order valence-corrected chi connectivity index (χ1v) is 5.98. The maximum atomic E-state index is 3.67. The summed E-state index contributed by atoms with van der Waals surface area (Å²) in [6.07, 6.45) is 12.8. The van der Waals surface area contributed by atoms with Crippen LogP contribution in [0.1, 0.15) is 52.9 Å². The fraction of sp³-hybridized carbons (Fsp3) is 0.714. The highest BCUT2D eigenvalue weighted by Crippen LogP contribution is 2.17. The van der Waals surface area contributed by atoms with Crippen LogP contribution in [-0.2, 0) is 0 Å². The number of allylic oxidation sites excluding steroid dienone is 3. The molecule has 0 N–H and O–H groups in total. The summed E-state index contributed by atoms with van der Waals surface area (Å²) in [5.41, 5.74) is 0. The van der Waals surface area contributed by atoms with E-state index in [1.807, 2.05) is 12.2 Å².